The van der Waals surface area contributed by atoms with Gasteiger partial charge in [0.1, 0.15) is 23.7 Å². The zero-order valence-corrected chi connectivity index (χ0v) is 14.2. The van der Waals surface area contributed by atoms with E-state index in [4.69, 9.17) is 14.2 Å². The maximum Gasteiger partial charge on any atom is 0.337 e. The number of esters is 2. The molecular formula is C16H26O5. The Morgan fingerprint density at radius 3 is 1.24 bits per heavy atom. The molecule has 21 heavy (non-hydrogen) atoms. The van der Waals surface area contributed by atoms with Gasteiger partial charge >= 0.3 is 11.9 Å². The Labute approximate surface area is 126 Å². The first-order chi connectivity index (χ1) is 9.32. The molecule has 0 heterocycles. The fourth-order valence-corrected chi connectivity index (χ4v) is 1.05. The minimum Gasteiger partial charge on any atom is -0.472 e. The first-order valence-electron chi connectivity index (χ1n) is 6.77. The van der Waals surface area contributed by atoms with Gasteiger partial charge in [-0.15, -0.1) is 0 Å². The molecular weight excluding hydrogens is 272 g/mol. The Kier molecular flexibility index (Phi) is 6.67. The summed E-state index contributed by atoms with van der Waals surface area (Å²) in [6, 6.07) is 0. The Bertz CT molecular complexity index is 402. The predicted octanol–water partition coefficient (Wildman–Crippen LogP) is 3.49. The van der Waals surface area contributed by atoms with Gasteiger partial charge in [0.15, 0.2) is 0 Å². The monoisotopic (exact) mass is 298 g/mol. The second-order valence-electron chi connectivity index (χ2n) is 6.74. The molecule has 0 bridgehead atoms. The van der Waals surface area contributed by atoms with Crippen molar-refractivity contribution in [1.29, 1.82) is 0 Å². The number of carbonyl (C=O) groups is 2. The molecule has 0 fully saturated rings. The second kappa shape index (κ2) is 7.29. The van der Waals surface area contributed by atoms with Gasteiger partial charge in [0, 0.05) is 0 Å². The number of ether oxygens (including phenoxy) is 3. The normalized spacial score (nSPS) is 13.7. The largest absolute Gasteiger partial charge is 0.472 e. The molecule has 0 unspecified atom stereocenters. The minimum absolute atomic E-state index is 0.304. The third kappa shape index (κ3) is 9.71. The lowest BCUT2D eigenvalue weighted by Gasteiger charge is -2.19. The van der Waals surface area contributed by atoms with Crippen LogP contribution in [0.15, 0.2) is 23.7 Å². The maximum absolute atomic E-state index is 11.7. The Morgan fingerprint density at radius 1 is 0.714 bits per heavy atom. The lowest BCUT2D eigenvalue weighted by Crippen LogP contribution is -2.24. The van der Waals surface area contributed by atoms with Gasteiger partial charge in [0.05, 0.1) is 11.1 Å². The molecule has 120 valence electrons. The number of hydrogen-bond donors (Lipinski definition) is 0. The van der Waals surface area contributed by atoms with Crippen molar-refractivity contribution in [2.45, 2.75) is 66.6 Å². The molecule has 0 saturated heterocycles. The molecule has 5 heteroatoms. The standard InChI is InChI=1S/C16H26O5/c1-11(13(17)20-15(3,4)5)9-19-10-12(2)14(18)21-16(6,7)8/h9-10H,1-8H3. The quantitative estimate of drug-likeness (QED) is 0.451. The molecule has 0 spiro atoms. The summed E-state index contributed by atoms with van der Waals surface area (Å²) < 4.78 is 15.4. The molecule has 0 aromatic rings. The molecule has 0 radical (unpaired) electrons. The van der Waals surface area contributed by atoms with Crippen LogP contribution in [0, 0.1) is 0 Å². The van der Waals surface area contributed by atoms with Crippen molar-refractivity contribution in [3.63, 3.8) is 0 Å². The maximum atomic E-state index is 11.7. The van der Waals surface area contributed by atoms with Gasteiger partial charge in [0.2, 0.25) is 0 Å². The van der Waals surface area contributed by atoms with Crippen molar-refractivity contribution in [3.8, 4) is 0 Å². The van der Waals surface area contributed by atoms with E-state index < -0.39 is 23.1 Å². The molecule has 5 nitrogen and oxygen atoms in total. The molecule has 0 aromatic carbocycles. The van der Waals surface area contributed by atoms with E-state index in [2.05, 4.69) is 0 Å². The summed E-state index contributed by atoms with van der Waals surface area (Å²) in [5.74, 6) is -0.934. The molecule has 0 saturated carbocycles. The van der Waals surface area contributed by atoms with E-state index in [0.717, 1.165) is 0 Å². The van der Waals surface area contributed by atoms with Gasteiger partial charge in [0.25, 0.3) is 0 Å². The highest BCUT2D eigenvalue weighted by Gasteiger charge is 2.18. The van der Waals surface area contributed by atoms with Gasteiger partial charge in [-0.1, -0.05) is 0 Å². The summed E-state index contributed by atoms with van der Waals surface area (Å²) in [7, 11) is 0. The molecule has 0 N–H and O–H groups in total. The van der Waals surface area contributed by atoms with E-state index in [1.807, 2.05) is 0 Å². The van der Waals surface area contributed by atoms with Crippen LogP contribution in [0.5, 0.6) is 0 Å². The van der Waals surface area contributed by atoms with Crippen molar-refractivity contribution < 1.29 is 23.8 Å². The van der Waals surface area contributed by atoms with E-state index in [1.54, 1.807) is 55.4 Å². The highest BCUT2D eigenvalue weighted by atomic mass is 16.6. The summed E-state index contributed by atoms with van der Waals surface area (Å²) in [5, 5.41) is 0. The Hall–Kier alpha value is -1.78. The van der Waals surface area contributed by atoms with Gasteiger partial charge in [-0.2, -0.15) is 0 Å². The van der Waals surface area contributed by atoms with Gasteiger partial charge < -0.3 is 14.2 Å². The third-order valence-corrected chi connectivity index (χ3v) is 1.93. The van der Waals surface area contributed by atoms with E-state index in [0.29, 0.717) is 11.1 Å². The van der Waals surface area contributed by atoms with Crippen LogP contribution in [0.2, 0.25) is 0 Å². The molecule has 0 aliphatic heterocycles. The van der Waals surface area contributed by atoms with Gasteiger partial charge in [-0.05, 0) is 55.4 Å². The molecule has 0 aliphatic rings. The minimum atomic E-state index is -0.561. The molecule has 0 aromatic heterocycles. The summed E-state index contributed by atoms with van der Waals surface area (Å²) >= 11 is 0. The average molecular weight is 298 g/mol. The van der Waals surface area contributed by atoms with Crippen molar-refractivity contribution in [2.24, 2.45) is 0 Å². The van der Waals surface area contributed by atoms with Crippen LogP contribution < -0.4 is 0 Å². The number of hydrogen-bond acceptors (Lipinski definition) is 5. The first kappa shape index (κ1) is 19.2. The van der Waals surface area contributed by atoms with E-state index in [-0.39, 0.29) is 0 Å². The summed E-state index contributed by atoms with van der Waals surface area (Å²) in [5.41, 5.74) is -0.514. The fourth-order valence-electron chi connectivity index (χ4n) is 1.05. The highest BCUT2D eigenvalue weighted by Crippen LogP contribution is 2.12. The summed E-state index contributed by atoms with van der Waals surface area (Å²) in [4.78, 5) is 23.3. The number of rotatable bonds is 4. The fraction of sp³-hybridized carbons (Fsp3) is 0.625. The van der Waals surface area contributed by atoms with Crippen LogP contribution in [-0.2, 0) is 23.8 Å². The zero-order chi connectivity index (χ0) is 16.8. The smallest absolute Gasteiger partial charge is 0.337 e. The van der Waals surface area contributed by atoms with Crippen molar-refractivity contribution in [1.82, 2.24) is 0 Å². The van der Waals surface area contributed by atoms with Gasteiger partial charge in [-0.25, -0.2) is 9.59 Å². The molecule has 0 atom stereocenters. The summed E-state index contributed by atoms with van der Waals surface area (Å²) in [6.45, 7) is 13.8. The van der Waals surface area contributed by atoms with E-state index in [1.165, 1.54) is 12.5 Å². The van der Waals surface area contributed by atoms with E-state index >= 15 is 0 Å². The van der Waals surface area contributed by atoms with Gasteiger partial charge in [-0.3, -0.25) is 0 Å². The predicted molar refractivity (Wildman–Crippen MR) is 80.3 cm³/mol. The lowest BCUT2D eigenvalue weighted by atomic mass is 10.2. The van der Waals surface area contributed by atoms with Crippen LogP contribution in [0.3, 0.4) is 0 Å². The van der Waals surface area contributed by atoms with E-state index in [9.17, 15) is 9.59 Å². The highest BCUT2D eigenvalue weighted by molar-refractivity contribution is 5.88. The molecule has 0 amide bonds. The Morgan fingerprint density at radius 2 is 1.00 bits per heavy atom. The summed E-state index contributed by atoms with van der Waals surface area (Å²) in [6.07, 6.45) is 2.48. The Balaban J connectivity index is 4.57. The third-order valence-electron chi connectivity index (χ3n) is 1.93. The van der Waals surface area contributed by atoms with Crippen LogP contribution in [0.1, 0.15) is 55.4 Å². The average Bonchev–Trinajstić information content (AvgIpc) is 2.23. The van der Waals surface area contributed by atoms with Crippen molar-refractivity contribution in [3.05, 3.63) is 23.7 Å². The topological polar surface area (TPSA) is 61.8 Å². The SMILES string of the molecule is CC(=COC=C(C)C(=O)OC(C)(C)C)C(=O)OC(C)(C)C. The van der Waals surface area contributed by atoms with Crippen molar-refractivity contribution >= 4 is 11.9 Å². The van der Waals surface area contributed by atoms with Crippen LogP contribution in [0.25, 0.3) is 0 Å². The molecule has 0 aliphatic carbocycles. The first-order valence-corrected chi connectivity index (χ1v) is 6.77. The number of carbonyl (C=O) groups excluding carboxylic acids is 2. The van der Waals surface area contributed by atoms with Crippen LogP contribution >= 0.6 is 0 Å². The molecule has 0 rings (SSSR count). The second-order valence-corrected chi connectivity index (χ2v) is 6.74. The van der Waals surface area contributed by atoms with Crippen LogP contribution in [-0.4, -0.2) is 23.1 Å². The zero-order valence-electron chi connectivity index (χ0n) is 14.2. The lowest BCUT2D eigenvalue weighted by molar-refractivity contribution is -0.150. The van der Waals surface area contributed by atoms with Crippen LogP contribution in [0.4, 0.5) is 0 Å². The van der Waals surface area contributed by atoms with Crippen molar-refractivity contribution in [2.75, 3.05) is 0 Å².